The van der Waals surface area contributed by atoms with Gasteiger partial charge in [-0.05, 0) is 54.3 Å². The maximum Gasteiger partial charge on any atom is 0.0818 e. The van der Waals surface area contributed by atoms with Gasteiger partial charge in [-0.25, -0.2) is 0 Å². The molecule has 2 aromatic rings. The first kappa shape index (κ1) is 10.8. The maximum absolute atomic E-state index is 3.86. The van der Waals surface area contributed by atoms with E-state index in [1.807, 2.05) is 11.3 Å². The van der Waals surface area contributed by atoms with Crippen LogP contribution in [0.25, 0.3) is 0 Å². The summed E-state index contributed by atoms with van der Waals surface area (Å²) >= 11 is 1.90. The van der Waals surface area contributed by atoms with Crippen molar-refractivity contribution in [2.24, 2.45) is 5.92 Å². The Morgan fingerprint density at radius 3 is 3.00 bits per heavy atom. The lowest BCUT2D eigenvalue weighted by Gasteiger charge is -2.41. The van der Waals surface area contributed by atoms with Crippen LogP contribution in [0.5, 0.6) is 0 Å². The highest BCUT2D eigenvalue weighted by Crippen LogP contribution is 2.50. The second-order valence-corrected chi connectivity index (χ2v) is 6.36. The first-order chi connectivity index (χ1) is 8.91. The van der Waals surface area contributed by atoms with E-state index in [2.05, 4.69) is 47.1 Å². The van der Waals surface area contributed by atoms with Gasteiger partial charge in [-0.2, -0.15) is 0 Å². The Morgan fingerprint density at radius 1 is 1.17 bits per heavy atom. The first-order valence-corrected chi connectivity index (χ1v) is 7.66. The second kappa shape index (κ2) is 3.94. The molecule has 2 aliphatic rings. The Kier molecular flexibility index (Phi) is 2.36. The third kappa shape index (κ3) is 1.30. The van der Waals surface area contributed by atoms with Crippen LogP contribution in [0.1, 0.15) is 28.8 Å². The van der Waals surface area contributed by atoms with E-state index < -0.39 is 0 Å². The Morgan fingerprint density at radius 2 is 2.11 bits per heavy atom. The fourth-order valence-corrected chi connectivity index (χ4v) is 4.83. The van der Waals surface area contributed by atoms with Gasteiger partial charge in [-0.15, -0.1) is 11.3 Å². The van der Waals surface area contributed by atoms with E-state index in [1.54, 1.807) is 5.56 Å². The van der Waals surface area contributed by atoms with E-state index in [0.717, 1.165) is 12.5 Å². The van der Waals surface area contributed by atoms with Crippen molar-refractivity contribution < 1.29 is 0 Å². The van der Waals surface area contributed by atoms with Gasteiger partial charge in [0, 0.05) is 4.88 Å². The topological polar surface area (TPSA) is 12.0 Å². The van der Waals surface area contributed by atoms with Crippen LogP contribution in [0.2, 0.25) is 0 Å². The quantitative estimate of drug-likeness (QED) is 0.821. The lowest BCUT2D eigenvalue weighted by Crippen LogP contribution is -2.50. The highest BCUT2D eigenvalue weighted by Gasteiger charge is 2.49. The highest BCUT2D eigenvalue weighted by molar-refractivity contribution is 7.10. The van der Waals surface area contributed by atoms with Crippen molar-refractivity contribution in [2.45, 2.75) is 24.8 Å². The number of nitrogens with one attached hydrogen (secondary N) is 1. The molecule has 2 heterocycles. The summed E-state index contributed by atoms with van der Waals surface area (Å²) in [5.74, 6) is 0.738. The Balaban J connectivity index is 1.95. The Hall–Kier alpha value is -1.12. The van der Waals surface area contributed by atoms with Crippen molar-refractivity contribution >= 4 is 11.3 Å². The molecule has 1 aromatic carbocycles. The number of hydrogen-bond acceptors (Lipinski definition) is 2. The molecule has 1 fully saturated rings. The Bertz CT molecular complexity index is 560. The van der Waals surface area contributed by atoms with Gasteiger partial charge in [-0.3, -0.25) is 0 Å². The summed E-state index contributed by atoms with van der Waals surface area (Å²) < 4.78 is 0. The van der Waals surface area contributed by atoms with Crippen LogP contribution in [-0.2, 0) is 12.0 Å². The summed E-state index contributed by atoms with van der Waals surface area (Å²) in [5, 5.41) is 6.07. The van der Waals surface area contributed by atoms with E-state index in [-0.39, 0.29) is 5.54 Å². The SMILES string of the molecule is c1csc(C23NCCCC2Cc2ccccc23)c1. The van der Waals surface area contributed by atoms with E-state index in [0.29, 0.717) is 0 Å². The van der Waals surface area contributed by atoms with Crippen LogP contribution in [0, 0.1) is 5.92 Å². The molecular formula is C16H17NS. The smallest absolute Gasteiger partial charge is 0.0818 e. The molecule has 92 valence electrons. The average Bonchev–Trinajstić information content (AvgIpc) is 3.05. The monoisotopic (exact) mass is 255 g/mol. The fourth-order valence-electron chi connectivity index (χ4n) is 3.84. The molecule has 1 nitrogen and oxygen atoms in total. The summed E-state index contributed by atoms with van der Waals surface area (Å²) in [5.41, 5.74) is 3.19. The summed E-state index contributed by atoms with van der Waals surface area (Å²) in [7, 11) is 0. The molecule has 1 aromatic heterocycles. The van der Waals surface area contributed by atoms with Gasteiger partial charge in [0.25, 0.3) is 0 Å². The lowest BCUT2D eigenvalue weighted by molar-refractivity contribution is 0.224. The van der Waals surface area contributed by atoms with Crippen molar-refractivity contribution in [1.29, 1.82) is 0 Å². The molecule has 4 rings (SSSR count). The average molecular weight is 255 g/mol. The zero-order valence-electron chi connectivity index (χ0n) is 10.4. The van der Waals surface area contributed by atoms with Crippen molar-refractivity contribution in [3.8, 4) is 0 Å². The number of piperidine rings is 1. The van der Waals surface area contributed by atoms with Crippen LogP contribution < -0.4 is 5.32 Å². The fraction of sp³-hybridized carbons (Fsp3) is 0.375. The molecule has 0 saturated carbocycles. The van der Waals surface area contributed by atoms with Gasteiger partial charge in [0.05, 0.1) is 5.54 Å². The zero-order chi connectivity index (χ0) is 12.0. The maximum atomic E-state index is 3.86. The van der Waals surface area contributed by atoms with Crippen molar-refractivity contribution in [2.75, 3.05) is 6.54 Å². The summed E-state index contributed by atoms with van der Waals surface area (Å²) in [4.78, 5) is 1.50. The van der Waals surface area contributed by atoms with Crippen LogP contribution in [-0.4, -0.2) is 6.54 Å². The van der Waals surface area contributed by atoms with Crippen molar-refractivity contribution in [3.05, 3.63) is 57.8 Å². The number of benzene rings is 1. The summed E-state index contributed by atoms with van der Waals surface area (Å²) in [6.07, 6.45) is 3.90. The molecule has 2 heteroatoms. The van der Waals surface area contributed by atoms with E-state index in [4.69, 9.17) is 0 Å². The molecule has 1 aliphatic heterocycles. The molecule has 0 spiro atoms. The second-order valence-electron chi connectivity index (χ2n) is 5.41. The Labute approximate surface area is 112 Å². The standard InChI is InChI=1S/C16H17NS/c1-2-7-14-12(5-1)11-13-6-3-9-17-16(13,14)15-8-4-10-18-15/h1-2,4-5,7-8,10,13,17H,3,6,9,11H2. The van der Waals surface area contributed by atoms with E-state index >= 15 is 0 Å². The largest absolute Gasteiger partial charge is 0.303 e. The minimum absolute atomic E-state index is 0.114. The van der Waals surface area contributed by atoms with Gasteiger partial charge >= 0.3 is 0 Å². The van der Waals surface area contributed by atoms with Crippen LogP contribution in [0.3, 0.4) is 0 Å². The third-order valence-electron chi connectivity index (χ3n) is 4.56. The molecule has 1 aliphatic carbocycles. The number of hydrogen-bond donors (Lipinski definition) is 1. The summed E-state index contributed by atoms with van der Waals surface area (Å²) in [6, 6.07) is 13.5. The molecule has 18 heavy (non-hydrogen) atoms. The zero-order valence-corrected chi connectivity index (χ0v) is 11.2. The van der Waals surface area contributed by atoms with E-state index in [9.17, 15) is 0 Å². The molecule has 0 bridgehead atoms. The van der Waals surface area contributed by atoms with Gasteiger partial charge in [0.1, 0.15) is 0 Å². The summed E-state index contributed by atoms with van der Waals surface area (Å²) in [6.45, 7) is 1.14. The first-order valence-electron chi connectivity index (χ1n) is 6.78. The van der Waals surface area contributed by atoms with E-state index in [1.165, 1.54) is 29.7 Å². The van der Waals surface area contributed by atoms with Gasteiger partial charge < -0.3 is 5.32 Å². The number of rotatable bonds is 1. The minimum atomic E-state index is 0.114. The molecule has 2 atom stereocenters. The number of thiophene rings is 1. The predicted molar refractivity (Wildman–Crippen MR) is 76.0 cm³/mol. The van der Waals surface area contributed by atoms with Gasteiger partial charge in [0.2, 0.25) is 0 Å². The molecule has 1 N–H and O–H groups in total. The minimum Gasteiger partial charge on any atom is -0.303 e. The normalized spacial score (nSPS) is 29.9. The van der Waals surface area contributed by atoms with Gasteiger partial charge in [-0.1, -0.05) is 30.3 Å². The van der Waals surface area contributed by atoms with Crippen LogP contribution in [0.4, 0.5) is 0 Å². The van der Waals surface area contributed by atoms with Crippen LogP contribution in [0.15, 0.2) is 41.8 Å². The molecular weight excluding hydrogens is 238 g/mol. The lowest BCUT2D eigenvalue weighted by atomic mass is 9.77. The highest BCUT2D eigenvalue weighted by atomic mass is 32.1. The van der Waals surface area contributed by atoms with Crippen molar-refractivity contribution in [1.82, 2.24) is 5.32 Å². The third-order valence-corrected chi connectivity index (χ3v) is 5.57. The van der Waals surface area contributed by atoms with Gasteiger partial charge in [0.15, 0.2) is 0 Å². The number of fused-ring (bicyclic) bond motifs is 3. The molecule has 0 amide bonds. The van der Waals surface area contributed by atoms with Crippen molar-refractivity contribution in [3.63, 3.8) is 0 Å². The molecule has 0 radical (unpaired) electrons. The molecule has 1 saturated heterocycles. The van der Waals surface area contributed by atoms with Crippen LogP contribution >= 0.6 is 11.3 Å². The predicted octanol–water partition coefficient (Wildman–Crippen LogP) is 3.55. The molecule has 2 unspecified atom stereocenters.